The van der Waals surface area contributed by atoms with Crippen molar-refractivity contribution < 1.29 is 9.63 Å². The zero-order valence-electron chi connectivity index (χ0n) is 6.40. The minimum absolute atomic E-state index is 0.0511. The summed E-state index contributed by atoms with van der Waals surface area (Å²) in [5, 5.41) is 15.7. The quantitative estimate of drug-likeness (QED) is 0.502. The maximum Gasteiger partial charge on any atom is 0.260 e. The van der Waals surface area contributed by atoms with Crippen LogP contribution in [0.5, 0.6) is 0 Å². The minimum atomic E-state index is -0.330. The van der Waals surface area contributed by atoms with Crippen molar-refractivity contribution in [1.29, 1.82) is 0 Å². The number of nitrogens with two attached hydrogens (primary N) is 1. The molecule has 0 saturated carbocycles. The molecule has 2 atom stereocenters. The monoisotopic (exact) mass is 170 g/mol. The Hall–Kier alpha value is -1.14. The van der Waals surface area contributed by atoms with Gasteiger partial charge in [-0.25, -0.2) is 0 Å². The number of nitrogen functional groups attached to an aromatic ring is 1. The van der Waals surface area contributed by atoms with E-state index in [0.29, 0.717) is 18.9 Å². The van der Waals surface area contributed by atoms with Gasteiger partial charge in [0.05, 0.1) is 12.1 Å². The van der Waals surface area contributed by atoms with Crippen LogP contribution in [0, 0.1) is 0 Å². The van der Waals surface area contributed by atoms with Crippen LogP contribution in [0.4, 0.5) is 5.95 Å². The maximum absolute atomic E-state index is 9.18. The molecular formula is C6H10N4O2. The van der Waals surface area contributed by atoms with Crippen LogP contribution in [0.1, 0.15) is 18.4 Å². The molecule has 0 radical (unpaired) electrons. The lowest BCUT2D eigenvalue weighted by Crippen LogP contribution is -2.15. The molecule has 6 heteroatoms. The zero-order chi connectivity index (χ0) is 8.55. The van der Waals surface area contributed by atoms with Crippen LogP contribution in [0.15, 0.2) is 4.52 Å². The molecule has 6 nitrogen and oxygen atoms in total. The summed E-state index contributed by atoms with van der Waals surface area (Å²) in [5.41, 5.74) is 5.27. The van der Waals surface area contributed by atoms with E-state index in [0.717, 1.165) is 0 Å². The Kier molecular flexibility index (Phi) is 1.70. The van der Waals surface area contributed by atoms with E-state index >= 15 is 0 Å². The molecule has 4 N–H and O–H groups in total. The Balaban J connectivity index is 2.11. The topological polar surface area (TPSA) is 97.2 Å². The minimum Gasteiger partial charge on any atom is -0.392 e. The van der Waals surface area contributed by atoms with Crippen LogP contribution in [-0.4, -0.2) is 27.9 Å². The van der Waals surface area contributed by atoms with Crippen molar-refractivity contribution in [3.8, 4) is 0 Å². The summed E-state index contributed by atoms with van der Waals surface area (Å²) in [6, 6.07) is -0.0511. The van der Waals surface area contributed by atoms with Gasteiger partial charge in [-0.05, 0) is 11.6 Å². The number of anilines is 1. The summed E-state index contributed by atoms with van der Waals surface area (Å²) < 4.78 is 4.84. The number of rotatable bonds is 1. The van der Waals surface area contributed by atoms with Crippen LogP contribution in [0.3, 0.4) is 0 Å². The van der Waals surface area contributed by atoms with E-state index in [1.54, 1.807) is 0 Å². The van der Waals surface area contributed by atoms with Crippen LogP contribution < -0.4 is 11.1 Å². The third kappa shape index (κ3) is 1.26. The predicted molar refractivity (Wildman–Crippen MR) is 40.1 cm³/mol. The second-order valence-corrected chi connectivity index (χ2v) is 2.84. The predicted octanol–water partition coefficient (Wildman–Crippen LogP) is -0.953. The van der Waals surface area contributed by atoms with Crippen LogP contribution in [-0.2, 0) is 0 Å². The van der Waals surface area contributed by atoms with Crippen LogP contribution in [0.25, 0.3) is 0 Å². The van der Waals surface area contributed by atoms with Crippen molar-refractivity contribution in [3.05, 3.63) is 5.89 Å². The Labute approximate surface area is 68.8 Å². The van der Waals surface area contributed by atoms with Crippen molar-refractivity contribution in [1.82, 2.24) is 15.5 Å². The molecule has 0 bridgehead atoms. The maximum atomic E-state index is 9.18. The van der Waals surface area contributed by atoms with Gasteiger partial charge in [0.15, 0.2) is 0 Å². The smallest absolute Gasteiger partial charge is 0.260 e. The highest BCUT2D eigenvalue weighted by Gasteiger charge is 2.27. The van der Waals surface area contributed by atoms with E-state index in [1.165, 1.54) is 0 Å². The molecule has 0 amide bonds. The summed E-state index contributed by atoms with van der Waals surface area (Å²) in [7, 11) is 0. The van der Waals surface area contributed by atoms with Gasteiger partial charge in [0.1, 0.15) is 0 Å². The Morgan fingerprint density at radius 2 is 2.50 bits per heavy atom. The second-order valence-electron chi connectivity index (χ2n) is 2.84. The van der Waals surface area contributed by atoms with Gasteiger partial charge in [0.2, 0.25) is 5.89 Å². The van der Waals surface area contributed by atoms with Gasteiger partial charge in [-0.3, -0.25) is 0 Å². The van der Waals surface area contributed by atoms with Gasteiger partial charge in [-0.2, -0.15) is 4.98 Å². The largest absolute Gasteiger partial charge is 0.392 e. The number of nitrogens with one attached hydrogen (secondary N) is 1. The molecule has 2 rings (SSSR count). The van der Waals surface area contributed by atoms with E-state index < -0.39 is 0 Å². The number of aromatic nitrogens is 2. The van der Waals surface area contributed by atoms with Gasteiger partial charge in [-0.1, -0.05) is 0 Å². The summed E-state index contributed by atoms with van der Waals surface area (Å²) in [6.45, 7) is 0.562. The highest BCUT2D eigenvalue weighted by molar-refractivity contribution is 5.12. The van der Waals surface area contributed by atoms with Gasteiger partial charge < -0.3 is 20.7 Å². The van der Waals surface area contributed by atoms with Gasteiger partial charge in [0.25, 0.3) is 5.95 Å². The molecule has 1 aromatic heterocycles. The molecule has 2 heterocycles. The molecule has 1 saturated heterocycles. The first-order valence-corrected chi connectivity index (χ1v) is 3.76. The van der Waals surface area contributed by atoms with Gasteiger partial charge in [0, 0.05) is 6.54 Å². The Morgan fingerprint density at radius 1 is 1.67 bits per heavy atom. The third-order valence-electron chi connectivity index (χ3n) is 1.86. The Morgan fingerprint density at radius 3 is 3.00 bits per heavy atom. The number of β-amino-alcohol motifs (C(OH)–C–C–N with tert-alkyl or cyclic N) is 1. The highest BCUT2D eigenvalue weighted by atomic mass is 16.5. The first-order valence-electron chi connectivity index (χ1n) is 3.76. The fourth-order valence-corrected chi connectivity index (χ4v) is 1.29. The second kappa shape index (κ2) is 2.72. The van der Waals surface area contributed by atoms with Crippen molar-refractivity contribution in [3.63, 3.8) is 0 Å². The summed E-state index contributed by atoms with van der Waals surface area (Å²) in [5.74, 6) is 0.581. The summed E-state index contributed by atoms with van der Waals surface area (Å²) in [4.78, 5) is 3.85. The normalized spacial score (nSPS) is 29.4. The van der Waals surface area contributed by atoms with Crippen molar-refractivity contribution >= 4 is 5.95 Å². The fourth-order valence-electron chi connectivity index (χ4n) is 1.29. The summed E-state index contributed by atoms with van der Waals surface area (Å²) in [6.07, 6.45) is 0.268. The number of nitrogens with zero attached hydrogens (tertiary/aromatic N) is 2. The standard InChI is InChI=1S/C6H10N4O2/c7-6-9-5(12-10-6)4-1-3(11)2-8-4/h3-4,8,11H,1-2H2,(H2,7,10)/t3-,4-/m1/s1. The highest BCUT2D eigenvalue weighted by Crippen LogP contribution is 2.21. The number of hydrogen-bond donors (Lipinski definition) is 3. The lowest BCUT2D eigenvalue weighted by atomic mass is 10.2. The Bertz CT molecular complexity index is 274. The first kappa shape index (κ1) is 7.51. The number of aliphatic hydroxyl groups excluding tert-OH is 1. The molecular weight excluding hydrogens is 160 g/mol. The molecule has 0 aromatic carbocycles. The third-order valence-corrected chi connectivity index (χ3v) is 1.86. The number of hydrogen-bond acceptors (Lipinski definition) is 6. The van der Waals surface area contributed by atoms with Gasteiger partial charge in [-0.15, -0.1) is 0 Å². The van der Waals surface area contributed by atoms with Crippen LogP contribution >= 0.6 is 0 Å². The van der Waals surface area contributed by atoms with Crippen molar-refractivity contribution in [2.24, 2.45) is 0 Å². The number of aliphatic hydroxyl groups is 1. The van der Waals surface area contributed by atoms with E-state index in [9.17, 15) is 5.11 Å². The molecule has 66 valence electrons. The molecule has 12 heavy (non-hydrogen) atoms. The van der Waals surface area contributed by atoms with Gasteiger partial charge >= 0.3 is 0 Å². The van der Waals surface area contributed by atoms with Crippen molar-refractivity contribution in [2.45, 2.75) is 18.6 Å². The average molecular weight is 170 g/mol. The molecule has 1 aromatic rings. The fraction of sp³-hybridized carbons (Fsp3) is 0.667. The molecule has 1 aliphatic rings. The van der Waals surface area contributed by atoms with Crippen molar-refractivity contribution in [2.75, 3.05) is 12.3 Å². The molecule has 0 unspecified atom stereocenters. The van der Waals surface area contributed by atoms with E-state index in [1.807, 2.05) is 0 Å². The lowest BCUT2D eigenvalue weighted by Gasteiger charge is -2.00. The summed E-state index contributed by atoms with van der Waals surface area (Å²) >= 11 is 0. The SMILES string of the molecule is Nc1noc([C@H]2C[C@@H](O)CN2)n1. The average Bonchev–Trinajstić information content (AvgIpc) is 2.58. The van der Waals surface area contributed by atoms with E-state index in [4.69, 9.17) is 10.3 Å². The van der Waals surface area contributed by atoms with E-state index in [2.05, 4.69) is 15.5 Å². The van der Waals surface area contributed by atoms with E-state index in [-0.39, 0.29) is 18.1 Å². The molecule has 0 spiro atoms. The van der Waals surface area contributed by atoms with Crippen LogP contribution in [0.2, 0.25) is 0 Å². The molecule has 1 aliphatic heterocycles. The lowest BCUT2D eigenvalue weighted by molar-refractivity contribution is 0.191. The first-order chi connectivity index (χ1) is 5.75. The molecule has 1 fully saturated rings. The zero-order valence-corrected chi connectivity index (χ0v) is 6.40. The molecule has 0 aliphatic carbocycles.